The fraction of sp³-hybridized carbons (Fsp3) is 0.545. The average molecular weight is 223 g/mol. The van der Waals surface area contributed by atoms with Gasteiger partial charge in [0.05, 0.1) is 25.9 Å². The summed E-state index contributed by atoms with van der Waals surface area (Å²) in [4.78, 5) is 4.08. The van der Waals surface area contributed by atoms with Gasteiger partial charge in [-0.25, -0.2) is 4.98 Å². The molecule has 3 N–H and O–H groups in total. The molecular formula is C11H17N3O2. The van der Waals surface area contributed by atoms with Gasteiger partial charge in [0.1, 0.15) is 11.9 Å². The van der Waals surface area contributed by atoms with Crippen molar-refractivity contribution in [1.82, 2.24) is 10.3 Å². The van der Waals surface area contributed by atoms with Crippen molar-refractivity contribution < 1.29 is 9.47 Å². The molecular weight excluding hydrogens is 206 g/mol. The largest absolute Gasteiger partial charge is 0.383 e. The smallest absolute Gasteiger partial charge is 0.128 e. The van der Waals surface area contributed by atoms with Crippen LogP contribution in [0, 0.1) is 0 Å². The predicted octanol–water partition coefficient (Wildman–Crippen LogP) is 0.340. The second-order valence-electron chi connectivity index (χ2n) is 3.73. The van der Waals surface area contributed by atoms with Crippen LogP contribution in [-0.2, 0) is 9.47 Å². The SMILES string of the molecule is CNC(c1cccnc1N)C1COCCO1. The summed E-state index contributed by atoms with van der Waals surface area (Å²) < 4.78 is 11.1. The lowest BCUT2D eigenvalue weighted by atomic mass is 10.0. The molecule has 1 aromatic heterocycles. The van der Waals surface area contributed by atoms with Gasteiger partial charge in [0.2, 0.25) is 0 Å². The molecule has 0 saturated carbocycles. The molecule has 0 aliphatic carbocycles. The Morgan fingerprint density at radius 2 is 2.44 bits per heavy atom. The molecule has 2 heterocycles. The third-order valence-corrected chi connectivity index (χ3v) is 2.73. The van der Waals surface area contributed by atoms with Crippen LogP contribution in [0.25, 0.3) is 0 Å². The molecule has 0 bridgehead atoms. The second kappa shape index (κ2) is 5.25. The minimum atomic E-state index is -0.00903. The van der Waals surface area contributed by atoms with Gasteiger partial charge in [-0.15, -0.1) is 0 Å². The van der Waals surface area contributed by atoms with E-state index in [1.54, 1.807) is 6.20 Å². The lowest BCUT2D eigenvalue weighted by Gasteiger charge is -2.30. The molecule has 0 spiro atoms. The van der Waals surface area contributed by atoms with E-state index in [2.05, 4.69) is 10.3 Å². The van der Waals surface area contributed by atoms with Crippen molar-refractivity contribution in [1.29, 1.82) is 0 Å². The molecule has 2 unspecified atom stereocenters. The highest BCUT2D eigenvalue weighted by Crippen LogP contribution is 2.24. The van der Waals surface area contributed by atoms with Crippen molar-refractivity contribution >= 4 is 5.82 Å². The van der Waals surface area contributed by atoms with Crippen molar-refractivity contribution in [2.24, 2.45) is 0 Å². The first-order valence-electron chi connectivity index (χ1n) is 5.40. The number of aromatic nitrogens is 1. The Labute approximate surface area is 95.0 Å². The Kier molecular flexibility index (Phi) is 3.71. The Morgan fingerprint density at radius 3 is 3.06 bits per heavy atom. The lowest BCUT2D eigenvalue weighted by Crippen LogP contribution is -2.39. The van der Waals surface area contributed by atoms with Crippen LogP contribution in [0.2, 0.25) is 0 Å². The predicted molar refractivity (Wildman–Crippen MR) is 61.0 cm³/mol. The number of nitrogen functional groups attached to an aromatic ring is 1. The van der Waals surface area contributed by atoms with Crippen molar-refractivity contribution in [2.45, 2.75) is 12.1 Å². The Bertz CT molecular complexity index is 340. The van der Waals surface area contributed by atoms with E-state index in [-0.39, 0.29) is 12.1 Å². The zero-order chi connectivity index (χ0) is 11.4. The van der Waals surface area contributed by atoms with Crippen molar-refractivity contribution in [2.75, 3.05) is 32.6 Å². The van der Waals surface area contributed by atoms with E-state index in [0.717, 1.165) is 5.56 Å². The molecule has 1 saturated heterocycles. The minimum Gasteiger partial charge on any atom is -0.383 e. The molecule has 1 fully saturated rings. The maximum Gasteiger partial charge on any atom is 0.128 e. The van der Waals surface area contributed by atoms with Crippen molar-refractivity contribution in [3.8, 4) is 0 Å². The number of nitrogens with zero attached hydrogens (tertiary/aromatic N) is 1. The zero-order valence-electron chi connectivity index (χ0n) is 9.35. The summed E-state index contributed by atoms with van der Waals surface area (Å²) in [6.45, 7) is 1.87. The molecule has 0 radical (unpaired) electrons. The Morgan fingerprint density at radius 1 is 1.56 bits per heavy atom. The van der Waals surface area contributed by atoms with E-state index < -0.39 is 0 Å². The Balaban J connectivity index is 2.18. The van der Waals surface area contributed by atoms with Crippen LogP contribution in [0.1, 0.15) is 11.6 Å². The average Bonchev–Trinajstić information content (AvgIpc) is 2.34. The first-order chi connectivity index (χ1) is 7.83. The normalized spacial score (nSPS) is 22.9. The number of anilines is 1. The van der Waals surface area contributed by atoms with Crippen LogP contribution >= 0.6 is 0 Å². The summed E-state index contributed by atoms with van der Waals surface area (Å²) in [7, 11) is 1.88. The minimum absolute atomic E-state index is 0.00903. The quantitative estimate of drug-likeness (QED) is 0.773. The van der Waals surface area contributed by atoms with Crippen molar-refractivity contribution in [3.05, 3.63) is 23.9 Å². The maximum atomic E-state index is 5.86. The van der Waals surface area contributed by atoms with Crippen LogP contribution in [0.4, 0.5) is 5.82 Å². The molecule has 16 heavy (non-hydrogen) atoms. The first-order valence-corrected chi connectivity index (χ1v) is 5.40. The van der Waals surface area contributed by atoms with Gasteiger partial charge in [0.15, 0.2) is 0 Å². The highest BCUT2D eigenvalue weighted by atomic mass is 16.6. The summed E-state index contributed by atoms with van der Waals surface area (Å²) in [6.07, 6.45) is 1.68. The van der Waals surface area contributed by atoms with Crippen LogP contribution in [0.3, 0.4) is 0 Å². The third kappa shape index (κ3) is 2.32. The standard InChI is InChI=1S/C11H17N3O2/c1-13-10(9-7-15-5-6-16-9)8-3-2-4-14-11(8)12/h2-4,9-10,13H,5-7H2,1H3,(H2,12,14). The number of nitrogens with two attached hydrogens (primary N) is 1. The first kappa shape index (κ1) is 11.3. The highest BCUT2D eigenvalue weighted by Gasteiger charge is 2.26. The van der Waals surface area contributed by atoms with Crippen molar-refractivity contribution in [3.63, 3.8) is 0 Å². The Hall–Kier alpha value is -1.17. The third-order valence-electron chi connectivity index (χ3n) is 2.73. The fourth-order valence-electron chi connectivity index (χ4n) is 1.93. The van der Waals surface area contributed by atoms with Gasteiger partial charge in [-0.05, 0) is 13.1 Å². The van der Waals surface area contributed by atoms with Crippen LogP contribution in [0.15, 0.2) is 18.3 Å². The fourth-order valence-corrected chi connectivity index (χ4v) is 1.93. The highest BCUT2D eigenvalue weighted by molar-refractivity contribution is 5.41. The molecule has 0 aromatic carbocycles. The zero-order valence-corrected chi connectivity index (χ0v) is 9.35. The van der Waals surface area contributed by atoms with Crippen LogP contribution < -0.4 is 11.1 Å². The number of rotatable bonds is 3. The van der Waals surface area contributed by atoms with Gasteiger partial charge < -0.3 is 20.5 Å². The van der Waals surface area contributed by atoms with Gasteiger partial charge in [-0.1, -0.05) is 6.07 Å². The number of likely N-dealkylation sites (N-methyl/N-ethyl adjacent to an activating group) is 1. The molecule has 0 amide bonds. The van der Waals surface area contributed by atoms with E-state index in [0.29, 0.717) is 25.6 Å². The molecule has 2 atom stereocenters. The van der Waals surface area contributed by atoms with E-state index in [1.807, 2.05) is 19.2 Å². The number of ether oxygens (including phenoxy) is 2. The number of hydrogen-bond donors (Lipinski definition) is 2. The van der Waals surface area contributed by atoms with Crippen LogP contribution in [-0.4, -0.2) is 38.0 Å². The number of pyridine rings is 1. The molecule has 5 nitrogen and oxygen atoms in total. The molecule has 1 aromatic rings. The van der Waals surface area contributed by atoms with E-state index >= 15 is 0 Å². The number of nitrogens with one attached hydrogen (secondary N) is 1. The molecule has 88 valence electrons. The molecule has 2 rings (SSSR count). The number of hydrogen-bond acceptors (Lipinski definition) is 5. The van der Waals surface area contributed by atoms with E-state index in [4.69, 9.17) is 15.2 Å². The van der Waals surface area contributed by atoms with Gasteiger partial charge in [-0.2, -0.15) is 0 Å². The maximum absolute atomic E-state index is 5.86. The molecule has 1 aliphatic heterocycles. The van der Waals surface area contributed by atoms with Gasteiger partial charge in [0, 0.05) is 11.8 Å². The van der Waals surface area contributed by atoms with Gasteiger partial charge in [0.25, 0.3) is 0 Å². The summed E-state index contributed by atoms with van der Waals surface area (Å²) >= 11 is 0. The van der Waals surface area contributed by atoms with Crippen LogP contribution in [0.5, 0.6) is 0 Å². The summed E-state index contributed by atoms with van der Waals surface area (Å²) in [5, 5.41) is 3.20. The van der Waals surface area contributed by atoms with Gasteiger partial charge in [-0.3, -0.25) is 0 Å². The van der Waals surface area contributed by atoms with E-state index in [1.165, 1.54) is 0 Å². The monoisotopic (exact) mass is 223 g/mol. The topological polar surface area (TPSA) is 69.4 Å². The van der Waals surface area contributed by atoms with E-state index in [9.17, 15) is 0 Å². The lowest BCUT2D eigenvalue weighted by molar-refractivity contribution is -0.101. The summed E-state index contributed by atoms with van der Waals surface area (Å²) in [5.41, 5.74) is 6.82. The summed E-state index contributed by atoms with van der Waals surface area (Å²) in [6, 6.07) is 3.86. The molecule has 1 aliphatic rings. The second-order valence-corrected chi connectivity index (χ2v) is 3.73. The van der Waals surface area contributed by atoms with Gasteiger partial charge >= 0.3 is 0 Å². The molecule has 5 heteroatoms. The summed E-state index contributed by atoms with van der Waals surface area (Å²) in [5.74, 6) is 0.538.